The van der Waals surface area contributed by atoms with E-state index in [2.05, 4.69) is 31.9 Å². The van der Waals surface area contributed by atoms with Gasteiger partial charge >= 0.3 is 0 Å². The summed E-state index contributed by atoms with van der Waals surface area (Å²) in [6, 6.07) is 18.0. The van der Waals surface area contributed by atoms with Crippen molar-refractivity contribution in [2.45, 2.75) is 20.1 Å². The monoisotopic (exact) mass is 632 g/mol. The van der Waals surface area contributed by atoms with Crippen molar-refractivity contribution in [2.75, 3.05) is 0 Å². The van der Waals surface area contributed by atoms with Crippen LogP contribution in [0.15, 0.2) is 74.5 Å². The Balaban J connectivity index is 1.47. The van der Waals surface area contributed by atoms with Crippen LogP contribution in [0.3, 0.4) is 0 Å². The van der Waals surface area contributed by atoms with Crippen molar-refractivity contribution >= 4 is 77.8 Å². The first kappa shape index (κ1) is 25.6. The van der Waals surface area contributed by atoms with Gasteiger partial charge in [-0.05, 0) is 85.8 Å². The molecule has 1 aliphatic heterocycles. The van der Waals surface area contributed by atoms with E-state index in [0.29, 0.717) is 30.5 Å². The van der Waals surface area contributed by atoms with Crippen molar-refractivity contribution in [3.8, 4) is 5.75 Å². The summed E-state index contributed by atoms with van der Waals surface area (Å²) in [5, 5.41) is 10.8. The maximum Gasteiger partial charge on any atom is 0.269 e. The maximum absolute atomic E-state index is 13.0. The Labute approximate surface area is 228 Å². The van der Waals surface area contributed by atoms with Gasteiger partial charge in [-0.3, -0.25) is 19.8 Å². The second-order valence-electron chi connectivity index (χ2n) is 7.78. The summed E-state index contributed by atoms with van der Waals surface area (Å²) in [5.74, 6) is 0.471. The molecule has 1 fully saturated rings. The fourth-order valence-corrected chi connectivity index (χ4v) is 6.04. The van der Waals surface area contributed by atoms with Crippen LogP contribution in [0.2, 0.25) is 0 Å². The van der Waals surface area contributed by atoms with E-state index >= 15 is 0 Å². The third kappa shape index (κ3) is 6.19. The molecule has 6 nitrogen and oxygen atoms in total. The van der Waals surface area contributed by atoms with Crippen LogP contribution < -0.4 is 4.74 Å². The van der Waals surface area contributed by atoms with Crippen LogP contribution >= 0.6 is 55.8 Å². The van der Waals surface area contributed by atoms with Gasteiger partial charge in [-0.15, -0.1) is 0 Å². The number of nitro groups is 1. The molecule has 3 aromatic rings. The number of amides is 1. The normalized spacial score (nSPS) is 14.6. The van der Waals surface area contributed by atoms with E-state index in [1.807, 2.05) is 49.4 Å². The number of aryl methyl sites for hydroxylation is 1. The van der Waals surface area contributed by atoms with Crippen LogP contribution in [-0.2, 0) is 17.9 Å². The van der Waals surface area contributed by atoms with Crippen molar-refractivity contribution in [1.82, 2.24) is 4.90 Å². The van der Waals surface area contributed by atoms with Gasteiger partial charge < -0.3 is 4.74 Å². The van der Waals surface area contributed by atoms with Gasteiger partial charge in [0.05, 0.1) is 25.3 Å². The molecular weight excluding hydrogens is 616 g/mol. The third-order valence-electron chi connectivity index (χ3n) is 5.18. The topological polar surface area (TPSA) is 72.7 Å². The molecule has 0 aliphatic carbocycles. The van der Waals surface area contributed by atoms with E-state index in [1.165, 1.54) is 23.9 Å². The van der Waals surface area contributed by atoms with Crippen LogP contribution in [0, 0.1) is 17.0 Å². The van der Waals surface area contributed by atoms with Gasteiger partial charge in [0.25, 0.3) is 11.6 Å². The smallest absolute Gasteiger partial charge is 0.269 e. The molecule has 1 saturated heterocycles. The van der Waals surface area contributed by atoms with Crippen LogP contribution in [-0.4, -0.2) is 20.1 Å². The Morgan fingerprint density at radius 2 is 1.66 bits per heavy atom. The van der Waals surface area contributed by atoms with Crippen molar-refractivity contribution in [2.24, 2.45) is 0 Å². The first-order valence-electron chi connectivity index (χ1n) is 10.4. The molecule has 0 aromatic heterocycles. The minimum atomic E-state index is -0.438. The number of thiocarbonyl (C=S) groups is 1. The lowest BCUT2D eigenvalue weighted by Crippen LogP contribution is -2.27. The van der Waals surface area contributed by atoms with E-state index in [0.717, 1.165) is 22.3 Å². The standard InChI is InChI=1S/C25H18Br2N2O4S2/c1-15-2-4-16(5-3-15)13-28-24(30)22(35-25(28)34)12-18-10-20(26)23(21(27)11-18)33-14-17-6-8-19(9-7-17)29(31)32/h2-12H,13-14H2,1H3/b22-12-. The van der Waals surface area contributed by atoms with Crippen LogP contribution in [0.25, 0.3) is 6.08 Å². The molecule has 0 atom stereocenters. The molecule has 0 N–H and O–H groups in total. The molecule has 0 unspecified atom stereocenters. The van der Waals surface area contributed by atoms with Crippen LogP contribution in [0.5, 0.6) is 5.75 Å². The lowest BCUT2D eigenvalue weighted by Gasteiger charge is -2.14. The molecule has 0 spiro atoms. The zero-order valence-electron chi connectivity index (χ0n) is 18.4. The predicted molar refractivity (Wildman–Crippen MR) is 149 cm³/mol. The van der Waals surface area contributed by atoms with Gasteiger partial charge in [0.1, 0.15) is 16.7 Å². The zero-order chi connectivity index (χ0) is 25.1. The Morgan fingerprint density at radius 1 is 1.06 bits per heavy atom. The quantitative estimate of drug-likeness (QED) is 0.117. The molecule has 10 heteroatoms. The number of non-ortho nitro benzene ring substituents is 1. The SMILES string of the molecule is Cc1ccc(CN2C(=O)/C(=C/c3cc(Br)c(OCc4ccc([N+](=O)[O-])cc4)c(Br)c3)SC2=S)cc1. The number of carbonyl (C=O) groups excluding carboxylic acids is 1. The number of nitrogens with zero attached hydrogens (tertiary/aromatic N) is 2. The van der Waals surface area contributed by atoms with E-state index in [9.17, 15) is 14.9 Å². The molecule has 1 heterocycles. The van der Waals surface area contributed by atoms with Crippen molar-refractivity contribution in [3.05, 3.63) is 107 Å². The molecule has 1 amide bonds. The van der Waals surface area contributed by atoms with E-state index in [4.69, 9.17) is 17.0 Å². The van der Waals surface area contributed by atoms with Gasteiger partial charge in [-0.1, -0.05) is 53.8 Å². The number of nitro benzene ring substituents is 1. The second-order valence-corrected chi connectivity index (χ2v) is 11.2. The molecule has 0 radical (unpaired) electrons. The fraction of sp³-hybridized carbons (Fsp3) is 0.120. The maximum atomic E-state index is 13.0. The first-order valence-corrected chi connectivity index (χ1v) is 13.2. The number of halogens is 2. The highest BCUT2D eigenvalue weighted by Crippen LogP contribution is 2.38. The summed E-state index contributed by atoms with van der Waals surface area (Å²) < 4.78 is 7.86. The minimum Gasteiger partial charge on any atom is -0.487 e. The highest BCUT2D eigenvalue weighted by molar-refractivity contribution is 9.11. The van der Waals surface area contributed by atoms with E-state index in [1.54, 1.807) is 17.0 Å². The zero-order valence-corrected chi connectivity index (χ0v) is 23.2. The molecule has 0 saturated carbocycles. The highest BCUT2D eigenvalue weighted by Gasteiger charge is 2.32. The van der Waals surface area contributed by atoms with Crippen LogP contribution in [0.4, 0.5) is 5.69 Å². The van der Waals surface area contributed by atoms with E-state index in [-0.39, 0.29) is 18.2 Å². The Bertz CT molecular complexity index is 1320. The van der Waals surface area contributed by atoms with Gasteiger partial charge in [-0.25, -0.2) is 0 Å². The molecule has 3 aromatic carbocycles. The Hall–Kier alpha value is -2.53. The number of hydrogen-bond acceptors (Lipinski definition) is 6. The van der Waals surface area contributed by atoms with E-state index < -0.39 is 4.92 Å². The number of hydrogen-bond donors (Lipinski definition) is 0. The Kier molecular flexibility index (Phi) is 8.05. The summed E-state index contributed by atoms with van der Waals surface area (Å²) in [5.41, 5.74) is 3.83. The van der Waals surface area contributed by atoms with Crippen molar-refractivity contribution in [1.29, 1.82) is 0 Å². The largest absolute Gasteiger partial charge is 0.487 e. The number of carbonyl (C=O) groups is 1. The summed E-state index contributed by atoms with van der Waals surface area (Å²) in [7, 11) is 0. The average Bonchev–Trinajstić information content (AvgIpc) is 3.07. The minimum absolute atomic E-state index is 0.0322. The fourth-order valence-electron chi connectivity index (χ4n) is 3.33. The summed E-state index contributed by atoms with van der Waals surface area (Å²) in [6.45, 7) is 2.70. The lowest BCUT2D eigenvalue weighted by molar-refractivity contribution is -0.384. The molecule has 35 heavy (non-hydrogen) atoms. The summed E-state index contributed by atoms with van der Waals surface area (Å²) >= 11 is 13.8. The van der Waals surface area contributed by atoms with Gasteiger partial charge in [0, 0.05) is 12.1 Å². The van der Waals surface area contributed by atoms with Gasteiger partial charge in [-0.2, -0.15) is 0 Å². The molecule has 0 bridgehead atoms. The third-order valence-corrected chi connectivity index (χ3v) is 7.74. The molecule has 178 valence electrons. The van der Waals surface area contributed by atoms with Crippen molar-refractivity contribution < 1.29 is 14.5 Å². The van der Waals surface area contributed by atoms with Crippen molar-refractivity contribution in [3.63, 3.8) is 0 Å². The predicted octanol–water partition coefficient (Wildman–Crippen LogP) is 7.41. The first-order chi connectivity index (χ1) is 16.7. The molecule has 4 rings (SSSR count). The Morgan fingerprint density at radius 3 is 2.26 bits per heavy atom. The number of ether oxygens (including phenoxy) is 1. The lowest BCUT2D eigenvalue weighted by atomic mass is 10.1. The average molecular weight is 634 g/mol. The highest BCUT2D eigenvalue weighted by atomic mass is 79.9. The molecule has 1 aliphatic rings. The van der Waals surface area contributed by atoms with Gasteiger partial charge in [0.15, 0.2) is 0 Å². The van der Waals surface area contributed by atoms with Gasteiger partial charge in [0.2, 0.25) is 0 Å². The summed E-state index contributed by atoms with van der Waals surface area (Å²) in [6.07, 6.45) is 1.81. The molecular formula is C25H18Br2N2O4S2. The second kappa shape index (κ2) is 11.0. The van der Waals surface area contributed by atoms with Crippen LogP contribution in [0.1, 0.15) is 22.3 Å². The number of rotatable bonds is 7. The summed E-state index contributed by atoms with van der Waals surface area (Å²) in [4.78, 5) is 25.6. The number of benzene rings is 3. The number of thioether (sulfide) groups is 1.